The standard InChI is InChI=1S/C18H22F4N2O/c1-17(7-3-2-4-16(17)25)24-10-8-23(9-11-24)13-5-6-15(19)14(12-13)18(20,21)22/h5-6,12H,2-4,7-11H2,1H3. The van der Waals surface area contributed by atoms with Gasteiger partial charge < -0.3 is 4.90 Å². The van der Waals surface area contributed by atoms with Crippen molar-refractivity contribution in [3.8, 4) is 0 Å². The normalized spacial score (nSPS) is 26.1. The lowest BCUT2D eigenvalue weighted by atomic mass is 9.80. The number of Topliss-reactive ketones (excluding diaryl/α,β-unsaturated/α-hetero) is 1. The highest BCUT2D eigenvalue weighted by atomic mass is 19.4. The van der Waals surface area contributed by atoms with Crippen molar-refractivity contribution in [2.75, 3.05) is 31.1 Å². The van der Waals surface area contributed by atoms with Gasteiger partial charge in [0.25, 0.3) is 0 Å². The second kappa shape index (κ2) is 6.59. The Morgan fingerprint density at radius 1 is 1.08 bits per heavy atom. The van der Waals surface area contributed by atoms with E-state index in [-0.39, 0.29) is 5.78 Å². The van der Waals surface area contributed by atoms with Crippen molar-refractivity contribution in [1.82, 2.24) is 4.90 Å². The van der Waals surface area contributed by atoms with Crippen LogP contribution in [0.3, 0.4) is 0 Å². The predicted octanol–water partition coefficient (Wildman–Crippen LogP) is 3.87. The summed E-state index contributed by atoms with van der Waals surface area (Å²) in [6.45, 7) is 4.24. The predicted molar refractivity (Wildman–Crippen MR) is 87.1 cm³/mol. The van der Waals surface area contributed by atoms with E-state index >= 15 is 0 Å². The Kier molecular flexibility index (Phi) is 4.79. The number of alkyl halides is 3. The minimum atomic E-state index is -4.70. The van der Waals surface area contributed by atoms with Crippen molar-refractivity contribution in [3.05, 3.63) is 29.6 Å². The summed E-state index contributed by atoms with van der Waals surface area (Å²) in [6.07, 6.45) is -1.31. The Bertz CT molecular complexity index is 653. The minimum Gasteiger partial charge on any atom is -0.369 e. The van der Waals surface area contributed by atoms with Gasteiger partial charge in [0.15, 0.2) is 5.78 Å². The fourth-order valence-corrected chi connectivity index (χ4v) is 3.88. The molecule has 0 spiro atoms. The molecule has 0 bridgehead atoms. The summed E-state index contributed by atoms with van der Waals surface area (Å²) in [5, 5.41) is 0. The van der Waals surface area contributed by atoms with Crippen LogP contribution in [0.25, 0.3) is 0 Å². The summed E-state index contributed by atoms with van der Waals surface area (Å²) in [5.74, 6) is -0.997. The number of halogens is 4. The summed E-state index contributed by atoms with van der Waals surface area (Å²) in [6, 6.07) is 3.13. The van der Waals surface area contributed by atoms with Gasteiger partial charge in [-0.2, -0.15) is 13.2 Å². The first-order valence-corrected chi connectivity index (χ1v) is 8.62. The van der Waals surface area contributed by atoms with Gasteiger partial charge in [0, 0.05) is 38.3 Å². The topological polar surface area (TPSA) is 23.6 Å². The molecule has 2 fully saturated rings. The zero-order valence-electron chi connectivity index (χ0n) is 14.2. The molecule has 1 aromatic rings. The van der Waals surface area contributed by atoms with Crippen LogP contribution in [0, 0.1) is 5.82 Å². The van der Waals surface area contributed by atoms with Gasteiger partial charge in [-0.3, -0.25) is 9.69 Å². The van der Waals surface area contributed by atoms with Crippen LogP contribution in [-0.4, -0.2) is 42.4 Å². The molecule has 0 radical (unpaired) electrons. The highest BCUT2D eigenvalue weighted by Gasteiger charge is 2.41. The first kappa shape index (κ1) is 18.2. The Balaban J connectivity index is 1.71. The molecule has 0 amide bonds. The number of ketones is 1. The molecule has 1 aromatic carbocycles. The maximum absolute atomic E-state index is 13.4. The fraction of sp³-hybridized carbons (Fsp3) is 0.611. The highest BCUT2D eigenvalue weighted by Crippen LogP contribution is 2.35. The molecule has 0 N–H and O–H groups in total. The molecule has 1 saturated carbocycles. The van der Waals surface area contributed by atoms with Crippen LogP contribution in [0.2, 0.25) is 0 Å². The van der Waals surface area contributed by atoms with E-state index in [1.165, 1.54) is 6.07 Å². The third-order valence-corrected chi connectivity index (χ3v) is 5.52. The average molecular weight is 358 g/mol. The molecule has 1 heterocycles. The number of hydrogen-bond donors (Lipinski definition) is 0. The van der Waals surface area contributed by atoms with Crippen molar-refractivity contribution in [3.63, 3.8) is 0 Å². The van der Waals surface area contributed by atoms with Crippen LogP contribution in [0.4, 0.5) is 23.2 Å². The van der Waals surface area contributed by atoms with Crippen molar-refractivity contribution in [2.45, 2.75) is 44.3 Å². The molecule has 1 aliphatic heterocycles. The molecular formula is C18H22F4N2O. The van der Waals surface area contributed by atoms with Gasteiger partial charge in [-0.25, -0.2) is 4.39 Å². The van der Waals surface area contributed by atoms with Crippen LogP contribution in [0.15, 0.2) is 18.2 Å². The lowest BCUT2D eigenvalue weighted by Gasteiger charge is -2.47. The molecule has 1 atom stereocenters. The first-order chi connectivity index (χ1) is 11.7. The molecule has 25 heavy (non-hydrogen) atoms. The maximum Gasteiger partial charge on any atom is 0.419 e. The third kappa shape index (κ3) is 3.52. The van der Waals surface area contributed by atoms with Crippen molar-refractivity contribution >= 4 is 11.5 Å². The Morgan fingerprint density at radius 2 is 1.76 bits per heavy atom. The van der Waals surface area contributed by atoms with Crippen LogP contribution in [0.5, 0.6) is 0 Å². The number of carbonyl (C=O) groups is 1. The Hall–Kier alpha value is -1.63. The van der Waals surface area contributed by atoms with Gasteiger partial charge in [-0.15, -0.1) is 0 Å². The fourth-order valence-electron chi connectivity index (χ4n) is 3.88. The number of nitrogens with zero attached hydrogens (tertiary/aromatic N) is 2. The van der Waals surface area contributed by atoms with E-state index in [4.69, 9.17) is 0 Å². The lowest BCUT2D eigenvalue weighted by molar-refractivity contribution is -0.140. The SMILES string of the molecule is CC1(N2CCN(c3ccc(F)c(C(F)(F)F)c3)CC2)CCCCC1=O. The second-order valence-corrected chi connectivity index (χ2v) is 7.04. The monoisotopic (exact) mass is 358 g/mol. The molecule has 2 aliphatic rings. The molecule has 138 valence electrons. The highest BCUT2D eigenvalue weighted by molar-refractivity contribution is 5.88. The molecule has 7 heteroatoms. The summed E-state index contributed by atoms with van der Waals surface area (Å²) in [4.78, 5) is 16.3. The van der Waals surface area contributed by atoms with Gasteiger partial charge in [-0.1, -0.05) is 6.42 Å². The number of piperazine rings is 1. The first-order valence-electron chi connectivity index (χ1n) is 8.62. The van der Waals surface area contributed by atoms with Crippen LogP contribution in [-0.2, 0) is 11.0 Å². The van der Waals surface area contributed by atoms with Crippen LogP contribution in [0.1, 0.15) is 38.2 Å². The molecule has 1 saturated heterocycles. The van der Waals surface area contributed by atoms with E-state index in [0.717, 1.165) is 31.4 Å². The van der Waals surface area contributed by atoms with Gasteiger partial charge in [0.05, 0.1) is 11.1 Å². The average Bonchev–Trinajstić information content (AvgIpc) is 2.57. The largest absolute Gasteiger partial charge is 0.419 e. The quantitative estimate of drug-likeness (QED) is 0.750. The number of carbonyl (C=O) groups excluding carboxylic acids is 1. The number of benzene rings is 1. The number of anilines is 1. The third-order valence-electron chi connectivity index (χ3n) is 5.52. The Labute approximate surface area is 144 Å². The molecule has 1 aliphatic carbocycles. The van der Waals surface area contributed by atoms with E-state index in [9.17, 15) is 22.4 Å². The van der Waals surface area contributed by atoms with Gasteiger partial charge in [0.1, 0.15) is 5.82 Å². The van der Waals surface area contributed by atoms with E-state index < -0.39 is 23.1 Å². The minimum absolute atomic E-state index is 0.258. The van der Waals surface area contributed by atoms with Crippen LogP contribution >= 0.6 is 0 Å². The maximum atomic E-state index is 13.4. The Morgan fingerprint density at radius 3 is 2.36 bits per heavy atom. The van der Waals surface area contributed by atoms with E-state index in [1.807, 2.05) is 11.8 Å². The van der Waals surface area contributed by atoms with Gasteiger partial charge in [0.2, 0.25) is 0 Å². The number of hydrogen-bond acceptors (Lipinski definition) is 3. The zero-order chi connectivity index (χ0) is 18.2. The summed E-state index contributed by atoms with van der Waals surface area (Å²) < 4.78 is 52.1. The lowest BCUT2D eigenvalue weighted by Crippen LogP contribution is -2.60. The second-order valence-electron chi connectivity index (χ2n) is 7.04. The van der Waals surface area contributed by atoms with Crippen molar-refractivity contribution in [1.29, 1.82) is 0 Å². The van der Waals surface area contributed by atoms with Gasteiger partial charge in [-0.05, 0) is 38.0 Å². The molecule has 0 aromatic heterocycles. The van der Waals surface area contributed by atoms with E-state index in [2.05, 4.69) is 4.90 Å². The van der Waals surface area contributed by atoms with Crippen molar-refractivity contribution in [2.24, 2.45) is 0 Å². The molecule has 3 rings (SSSR count). The van der Waals surface area contributed by atoms with Gasteiger partial charge >= 0.3 is 6.18 Å². The van der Waals surface area contributed by atoms with E-state index in [1.54, 1.807) is 0 Å². The molecule has 3 nitrogen and oxygen atoms in total. The smallest absolute Gasteiger partial charge is 0.369 e. The van der Waals surface area contributed by atoms with Crippen molar-refractivity contribution < 1.29 is 22.4 Å². The number of rotatable bonds is 2. The van der Waals surface area contributed by atoms with E-state index in [0.29, 0.717) is 38.3 Å². The summed E-state index contributed by atoms with van der Waals surface area (Å²) in [7, 11) is 0. The molecular weight excluding hydrogens is 336 g/mol. The summed E-state index contributed by atoms with van der Waals surface area (Å²) in [5.41, 5.74) is -1.32. The van der Waals surface area contributed by atoms with Crippen LogP contribution < -0.4 is 4.90 Å². The summed E-state index contributed by atoms with van der Waals surface area (Å²) >= 11 is 0. The zero-order valence-corrected chi connectivity index (χ0v) is 14.2. The molecule has 1 unspecified atom stereocenters.